The van der Waals surface area contributed by atoms with Crippen molar-refractivity contribution in [2.24, 2.45) is 0 Å². The van der Waals surface area contributed by atoms with Crippen LogP contribution in [-0.2, 0) is 0 Å². The number of nitrogens with zero attached hydrogens (tertiary/aromatic N) is 3. The fourth-order valence-electron chi connectivity index (χ4n) is 8.57. The van der Waals surface area contributed by atoms with Gasteiger partial charge in [-0.05, 0) is 137 Å². The summed E-state index contributed by atoms with van der Waals surface area (Å²) < 4.78 is 0. The predicted octanol–water partition coefficient (Wildman–Crippen LogP) is 17.2. The Labute approximate surface area is 371 Å². The summed E-state index contributed by atoms with van der Waals surface area (Å²) in [4.78, 5) is 7.13. The molecule has 0 N–H and O–H groups in total. The van der Waals surface area contributed by atoms with Crippen LogP contribution in [-0.4, -0.2) is 0 Å². The van der Waals surface area contributed by atoms with Gasteiger partial charge < -0.3 is 14.7 Å². The molecular weight excluding hydrogens is 763 g/mol. The number of hydrogen-bond donors (Lipinski definition) is 0. The predicted molar refractivity (Wildman–Crippen MR) is 268 cm³/mol. The Morgan fingerprint density at radius 3 is 0.857 bits per heavy atom. The smallest absolute Gasteiger partial charge is 0.0503 e. The number of rotatable bonds is 12. The molecule has 0 spiro atoms. The molecule has 3 nitrogen and oxygen atoms in total. The fraction of sp³-hybridized carbons (Fsp3) is 0.0333. The minimum Gasteiger partial charge on any atom is -0.310 e. The van der Waals surface area contributed by atoms with E-state index in [4.69, 9.17) is 0 Å². The van der Waals surface area contributed by atoms with Gasteiger partial charge in [0.1, 0.15) is 0 Å². The van der Waals surface area contributed by atoms with Crippen molar-refractivity contribution in [2.45, 2.75) is 12.8 Å². The topological polar surface area (TPSA) is 9.72 Å². The first-order chi connectivity index (χ1) is 31.2. The molecule has 9 aromatic rings. The molecule has 302 valence electrons. The SMILES string of the molecule is C1=CCCC(c2ccc(N(c3ccccc3)c3cc(N(c4ccccc4)c4ccc(-c5ccccc5)cc4)cc(N(c4ccccc4)c4ccc(-c5ccccc5)cc4)c3)cc2)=C1. The van der Waals surface area contributed by atoms with Gasteiger partial charge in [-0.1, -0.05) is 170 Å². The highest BCUT2D eigenvalue weighted by molar-refractivity contribution is 5.90. The zero-order valence-electron chi connectivity index (χ0n) is 35.1. The molecule has 3 heteroatoms. The monoisotopic (exact) mass is 809 g/mol. The second-order valence-corrected chi connectivity index (χ2v) is 15.8. The van der Waals surface area contributed by atoms with Gasteiger partial charge in [0.2, 0.25) is 0 Å². The molecule has 0 unspecified atom stereocenters. The summed E-state index contributed by atoms with van der Waals surface area (Å²) in [5.41, 5.74) is 16.9. The molecule has 1 aliphatic rings. The van der Waals surface area contributed by atoms with E-state index >= 15 is 0 Å². The third-order valence-electron chi connectivity index (χ3n) is 11.7. The summed E-state index contributed by atoms with van der Waals surface area (Å²) in [6, 6.07) is 87.2. The van der Waals surface area contributed by atoms with Crippen LogP contribution in [0.15, 0.2) is 261 Å². The molecule has 0 amide bonds. The summed E-state index contributed by atoms with van der Waals surface area (Å²) >= 11 is 0. The van der Waals surface area contributed by atoms with E-state index in [0.717, 1.165) is 64.0 Å². The van der Waals surface area contributed by atoms with Crippen molar-refractivity contribution in [2.75, 3.05) is 14.7 Å². The first-order valence-corrected chi connectivity index (χ1v) is 21.7. The summed E-state index contributed by atoms with van der Waals surface area (Å²) in [6.45, 7) is 0. The molecule has 0 bridgehead atoms. The van der Waals surface area contributed by atoms with Gasteiger partial charge in [0.05, 0.1) is 17.1 Å². The van der Waals surface area contributed by atoms with E-state index in [1.165, 1.54) is 33.4 Å². The average Bonchev–Trinajstić information content (AvgIpc) is 3.37. The Kier molecular flexibility index (Phi) is 11.3. The Bertz CT molecular complexity index is 2800. The highest BCUT2D eigenvalue weighted by atomic mass is 15.2. The van der Waals surface area contributed by atoms with Crippen LogP contribution < -0.4 is 14.7 Å². The standard InChI is InChI=1S/C60H47N3/c1-7-19-46(20-8-1)49-31-37-55(38-32-49)61(52-25-13-4-14-26-52)58-43-59(62(53-27-15-5-16-28-53)56-39-33-50(34-40-56)47-21-9-2-10-22-47)45-60(44-58)63(54-29-17-6-18-30-54)57-41-35-51(36-42-57)48-23-11-3-12-24-48/h1-11,13-23,25-45H,12,24H2. The maximum atomic E-state index is 2.38. The van der Waals surface area contributed by atoms with Gasteiger partial charge in [0.25, 0.3) is 0 Å². The normalized spacial score (nSPS) is 12.0. The third-order valence-corrected chi connectivity index (χ3v) is 11.7. The number of allylic oxidation sites excluding steroid dienone is 4. The molecule has 9 aromatic carbocycles. The van der Waals surface area contributed by atoms with Gasteiger partial charge in [-0.2, -0.15) is 0 Å². The number of para-hydroxylation sites is 3. The molecule has 63 heavy (non-hydrogen) atoms. The van der Waals surface area contributed by atoms with Crippen molar-refractivity contribution in [3.63, 3.8) is 0 Å². The molecule has 0 heterocycles. The van der Waals surface area contributed by atoms with Crippen molar-refractivity contribution in [3.05, 3.63) is 266 Å². The van der Waals surface area contributed by atoms with Crippen LogP contribution in [0.4, 0.5) is 51.2 Å². The zero-order valence-corrected chi connectivity index (χ0v) is 35.1. The van der Waals surface area contributed by atoms with Crippen LogP contribution in [0.1, 0.15) is 18.4 Å². The van der Waals surface area contributed by atoms with Crippen molar-refractivity contribution >= 4 is 56.8 Å². The molecule has 0 aliphatic heterocycles. The van der Waals surface area contributed by atoms with Crippen molar-refractivity contribution < 1.29 is 0 Å². The van der Waals surface area contributed by atoms with Crippen LogP contribution in [0, 0.1) is 0 Å². The van der Waals surface area contributed by atoms with Gasteiger partial charge >= 0.3 is 0 Å². The minimum atomic E-state index is 1.03. The number of benzene rings is 9. The van der Waals surface area contributed by atoms with Crippen molar-refractivity contribution in [1.29, 1.82) is 0 Å². The van der Waals surface area contributed by atoms with Gasteiger partial charge in [0.15, 0.2) is 0 Å². The largest absolute Gasteiger partial charge is 0.310 e. The van der Waals surface area contributed by atoms with E-state index in [-0.39, 0.29) is 0 Å². The molecule has 0 atom stereocenters. The molecular formula is C60H47N3. The molecule has 0 saturated carbocycles. The van der Waals surface area contributed by atoms with Gasteiger partial charge in [-0.15, -0.1) is 0 Å². The highest BCUT2D eigenvalue weighted by Gasteiger charge is 2.22. The van der Waals surface area contributed by atoms with E-state index < -0.39 is 0 Å². The zero-order chi connectivity index (χ0) is 42.2. The second kappa shape index (κ2) is 18.2. The quantitative estimate of drug-likeness (QED) is 0.122. The van der Waals surface area contributed by atoms with E-state index in [9.17, 15) is 0 Å². The Balaban J connectivity index is 1.19. The molecule has 0 aromatic heterocycles. The summed E-state index contributed by atoms with van der Waals surface area (Å²) in [6.07, 6.45) is 8.79. The maximum absolute atomic E-state index is 2.38. The average molecular weight is 810 g/mol. The lowest BCUT2D eigenvalue weighted by molar-refractivity contribution is 1.05. The summed E-state index contributed by atoms with van der Waals surface area (Å²) in [5, 5.41) is 0. The Hall–Kier alpha value is -8.14. The van der Waals surface area contributed by atoms with E-state index in [0.29, 0.717) is 0 Å². The van der Waals surface area contributed by atoms with Crippen molar-refractivity contribution in [1.82, 2.24) is 0 Å². The molecule has 0 fully saturated rings. The van der Waals surface area contributed by atoms with E-state index in [1.54, 1.807) is 0 Å². The van der Waals surface area contributed by atoms with Crippen molar-refractivity contribution in [3.8, 4) is 22.3 Å². The maximum Gasteiger partial charge on any atom is 0.0503 e. The third kappa shape index (κ3) is 8.59. The molecule has 10 rings (SSSR count). The highest BCUT2D eigenvalue weighted by Crippen LogP contribution is 2.46. The number of anilines is 9. The first-order valence-electron chi connectivity index (χ1n) is 21.7. The number of hydrogen-bond acceptors (Lipinski definition) is 3. The molecule has 0 radical (unpaired) electrons. The van der Waals surface area contributed by atoms with Crippen LogP contribution in [0.3, 0.4) is 0 Å². The fourth-order valence-corrected chi connectivity index (χ4v) is 8.57. The van der Waals surface area contributed by atoms with Gasteiger partial charge in [-0.3, -0.25) is 0 Å². The lowest BCUT2D eigenvalue weighted by Gasteiger charge is -2.33. The minimum absolute atomic E-state index is 1.03. The van der Waals surface area contributed by atoms with Crippen LogP contribution in [0.5, 0.6) is 0 Å². The summed E-state index contributed by atoms with van der Waals surface area (Å²) in [5.74, 6) is 0. The first kappa shape index (κ1) is 39.0. The van der Waals surface area contributed by atoms with E-state index in [2.05, 4.69) is 276 Å². The Morgan fingerprint density at radius 2 is 0.540 bits per heavy atom. The molecule has 0 saturated heterocycles. The lowest BCUT2D eigenvalue weighted by Crippen LogP contribution is -2.16. The molecule has 1 aliphatic carbocycles. The van der Waals surface area contributed by atoms with Crippen LogP contribution in [0.2, 0.25) is 0 Å². The second-order valence-electron chi connectivity index (χ2n) is 15.8. The van der Waals surface area contributed by atoms with E-state index in [1.807, 2.05) is 0 Å². The lowest BCUT2D eigenvalue weighted by atomic mass is 9.97. The van der Waals surface area contributed by atoms with Gasteiger partial charge in [0, 0.05) is 34.1 Å². The summed E-state index contributed by atoms with van der Waals surface area (Å²) in [7, 11) is 0. The van der Waals surface area contributed by atoms with Crippen LogP contribution >= 0.6 is 0 Å². The van der Waals surface area contributed by atoms with Crippen LogP contribution in [0.25, 0.3) is 27.8 Å². The Morgan fingerprint density at radius 1 is 0.254 bits per heavy atom. The van der Waals surface area contributed by atoms with Gasteiger partial charge in [-0.25, -0.2) is 0 Å².